The van der Waals surface area contributed by atoms with Crippen LogP contribution in [-0.2, 0) is 0 Å². The molecule has 2 rings (SSSR count). The monoisotopic (exact) mass is 167 g/mol. The number of benzene rings is 1. The third kappa shape index (κ3) is 1.61. The number of para-hydroxylation sites is 1. The van der Waals surface area contributed by atoms with Gasteiger partial charge in [0.25, 0.3) is 0 Å². The first kappa shape index (κ1) is 9.52. The number of hydrogen-bond acceptors (Lipinski definition) is 1. The molecule has 0 unspecified atom stereocenters. The van der Waals surface area contributed by atoms with Gasteiger partial charge in [-0.25, -0.2) is 0 Å². The van der Waals surface area contributed by atoms with Crippen LogP contribution in [0.4, 0.5) is 0 Å². The summed E-state index contributed by atoms with van der Waals surface area (Å²) in [5.41, 5.74) is 0.847. The van der Waals surface area contributed by atoms with Crippen LogP contribution in [-0.4, -0.2) is 4.98 Å². The molecule has 0 aliphatic heterocycles. The topological polar surface area (TPSA) is 32.9 Å². The second-order valence-corrected chi connectivity index (χ2v) is 2.32. The number of rotatable bonds is 0. The quantitative estimate of drug-likeness (QED) is 0.369. The van der Waals surface area contributed by atoms with Crippen LogP contribution in [0.15, 0.2) is 35.1 Å². The van der Waals surface area contributed by atoms with E-state index in [2.05, 4.69) is 11.2 Å². The van der Waals surface area contributed by atoms with Crippen LogP contribution >= 0.6 is 0 Å². The van der Waals surface area contributed by atoms with Gasteiger partial charge in [-0.3, -0.25) is 0 Å². The summed E-state index contributed by atoms with van der Waals surface area (Å²) >= 11 is 0. The van der Waals surface area contributed by atoms with Crippen molar-refractivity contribution in [2.75, 3.05) is 0 Å². The van der Waals surface area contributed by atoms with Crippen molar-refractivity contribution in [3.63, 3.8) is 0 Å². The van der Waals surface area contributed by atoms with E-state index < -0.39 is 0 Å². The second-order valence-electron chi connectivity index (χ2n) is 2.32. The van der Waals surface area contributed by atoms with E-state index in [1.807, 2.05) is 18.2 Å². The summed E-state index contributed by atoms with van der Waals surface area (Å²) in [6, 6.07) is 8.78. The SMILES string of the molecule is O=c1c[c-][nH]c2ccccc12.[Na+]. The van der Waals surface area contributed by atoms with Gasteiger partial charge in [0.1, 0.15) is 0 Å². The van der Waals surface area contributed by atoms with Crippen molar-refractivity contribution in [1.82, 2.24) is 4.98 Å². The Kier molecular flexibility index (Phi) is 3.09. The fourth-order valence-corrected chi connectivity index (χ4v) is 1.06. The Bertz CT molecular complexity index is 430. The Morgan fingerprint density at radius 2 is 2.00 bits per heavy atom. The van der Waals surface area contributed by atoms with Crippen molar-refractivity contribution in [3.8, 4) is 0 Å². The molecule has 0 saturated carbocycles. The van der Waals surface area contributed by atoms with E-state index in [4.69, 9.17) is 0 Å². The Morgan fingerprint density at radius 1 is 1.25 bits per heavy atom. The molecule has 2 nitrogen and oxygen atoms in total. The van der Waals surface area contributed by atoms with Crippen molar-refractivity contribution in [1.29, 1.82) is 0 Å². The number of nitrogens with one attached hydrogen (secondary N) is 1. The summed E-state index contributed by atoms with van der Waals surface area (Å²) in [5, 5.41) is 0.714. The summed E-state index contributed by atoms with van der Waals surface area (Å²) in [4.78, 5) is 14.0. The van der Waals surface area contributed by atoms with Crippen molar-refractivity contribution < 1.29 is 29.6 Å². The molecule has 0 aliphatic rings. The van der Waals surface area contributed by atoms with Crippen LogP contribution < -0.4 is 35.0 Å². The third-order valence-electron chi connectivity index (χ3n) is 1.60. The van der Waals surface area contributed by atoms with Crippen LogP contribution in [0.2, 0.25) is 0 Å². The minimum Gasteiger partial charge on any atom is -0.468 e. The van der Waals surface area contributed by atoms with Crippen molar-refractivity contribution in [2.45, 2.75) is 0 Å². The molecule has 0 bridgehead atoms. The van der Waals surface area contributed by atoms with Crippen LogP contribution in [0.1, 0.15) is 0 Å². The molecule has 0 amide bonds. The first-order chi connectivity index (χ1) is 5.38. The minimum atomic E-state index is 0. The van der Waals surface area contributed by atoms with Gasteiger partial charge in [-0.15, -0.1) is 12.3 Å². The van der Waals surface area contributed by atoms with Crippen LogP contribution in [0, 0.1) is 6.20 Å². The van der Waals surface area contributed by atoms with Gasteiger partial charge >= 0.3 is 29.6 Å². The maximum atomic E-state index is 11.1. The molecule has 54 valence electrons. The van der Waals surface area contributed by atoms with E-state index in [1.165, 1.54) is 6.07 Å². The molecule has 0 saturated heterocycles. The van der Waals surface area contributed by atoms with Gasteiger partial charge in [0, 0.05) is 0 Å². The molecular weight excluding hydrogens is 161 g/mol. The predicted octanol–water partition coefficient (Wildman–Crippen LogP) is -1.67. The van der Waals surface area contributed by atoms with Crippen LogP contribution in [0.5, 0.6) is 0 Å². The zero-order valence-electron chi connectivity index (χ0n) is 6.79. The summed E-state index contributed by atoms with van der Waals surface area (Å²) in [6.07, 6.45) is 2.67. The van der Waals surface area contributed by atoms with Gasteiger partial charge in [-0.2, -0.15) is 0 Å². The Balaban J connectivity index is 0.000000720. The van der Waals surface area contributed by atoms with Gasteiger partial charge in [0.05, 0.1) is 5.43 Å². The average Bonchev–Trinajstić information content (AvgIpc) is 2.06. The number of hydrogen-bond donors (Lipinski definition) is 1. The largest absolute Gasteiger partial charge is 1.00 e. The maximum absolute atomic E-state index is 11.1. The van der Waals surface area contributed by atoms with Crippen LogP contribution in [0.3, 0.4) is 0 Å². The Hall–Kier alpha value is -0.570. The molecule has 1 heterocycles. The van der Waals surface area contributed by atoms with E-state index in [1.54, 1.807) is 6.07 Å². The van der Waals surface area contributed by atoms with Crippen molar-refractivity contribution >= 4 is 10.9 Å². The van der Waals surface area contributed by atoms with Crippen molar-refractivity contribution in [2.24, 2.45) is 0 Å². The number of fused-ring (bicyclic) bond motifs is 1. The number of aromatic nitrogens is 1. The molecule has 1 aromatic carbocycles. The summed E-state index contributed by atoms with van der Waals surface area (Å²) in [7, 11) is 0. The van der Waals surface area contributed by atoms with Gasteiger partial charge in [-0.05, 0) is 0 Å². The van der Waals surface area contributed by atoms with Gasteiger partial charge in [0.2, 0.25) is 0 Å². The van der Waals surface area contributed by atoms with E-state index >= 15 is 0 Å². The minimum absolute atomic E-state index is 0. The van der Waals surface area contributed by atoms with E-state index in [9.17, 15) is 4.79 Å². The summed E-state index contributed by atoms with van der Waals surface area (Å²) in [6.45, 7) is 0. The molecular formula is C9H6NNaO. The van der Waals surface area contributed by atoms with Gasteiger partial charge < -0.3 is 9.78 Å². The molecule has 1 N–H and O–H groups in total. The van der Waals surface area contributed by atoms with Gasteiger partial charge in [-0.1, -0.05) is 35.2 Å². The fraction of sp³-hybridized carbons (Fsp3) is 0. The molecule has 3 heteroatoms. The zero-order chi connectivity index (χ0) is 7.68. The third-order valence-corrected chi connectivity index (χ3v) is 1.60. The standard InChI is InChI=1S/C9H6NO.Na/c11-9-5-6-10-8-4-2-1-3-7(8)9;/h1-5H,(H,10,11);/q-1;+1. The zero-order valence-corrected chi connectivity index (χ0v) is 8.79. The fourth-order valence-electron chi connectivity index (χ4n) is 1.06. The molecule has 0 radical (unpaired) electrons. The molecule has 1 aromatic heterocycles. The Morgan fingerprint density at radius 3 is 2.75 bits per heavy atom. The molecule has 0 atom stereocenters. The molecule has 0 aliphatic carbocycles. The maximum Gasteiger partial charge on any atom is 1.00 e. The molecule has 2 aromatic rings. The van der Waals surface area contributed by atoms with Crippen LogP contribution in [0.25, 0.3) is 10.9 Å². The first-order valence-electron chi connectivity index (χ1n) is 3.36. The smallest absolute Gasteiger partial charge is 0.468 e. The number of H-pyrrole nitrogens is 1. The first-order valence-corrected chi connectivity index (χ1v) is 3.36. The Labute approximate surface area is 91.9 Å². The van der Waals surface area contributed by atoms with E-state index in [0.29, 0.717) is 5.39 Å². The number of pyridine rings is 1. The summed E-state index contributed by atoms with van der Waals surface area (Å²) < 4.78 is 0. The molecule has 12 heavy (non-hydrogen) atoms. The normalized spacial score (nSPS) is 9.33. The number of aromatic amines is 1. The van der Waals surface area contributed by atoms with E-state index in [0.717, 1.165) is 5.52 Å². The van der Waals surface area contributed by atoms with E-state index in [-0.39, 0.29) is 35.0 Å². The summed E-state index contributed by atoms with van der Waals surface area (Å²) in [5.74, 6) is 0. The average molecular weight is 167 g/mol. The second kappa shape index (κ2) is 3.90. The molecule has 0 fully saturated rings. The van der Waals surface area contributed by atoms with Gasteiger partial charge in [0.15, 0.2) is 0 Å². The molecule has 0 spiro atoms. The predicted molar refractivity (Wildman–Crippen MR) is 43.4 cm³/mol. The van der Waals surface area contributed by atoms with Crippen molar-refractivity contribution in [3.05, 3.63) is 46.8 Å².